The van der Waals surface area contributed by atoms with Crippen LogP contribution in [0, 0.1) is 11.3 Å². The van der Waals surface area contributed by atoms with Gasteiger partial charge in [0, 0.05) is 13.0 Å². The number of nitrogens with zero attached hydrogens (tertiary/aromatic N) is 1. The molecule has 1 rings (SSSR count). The average molecular weight is 210 g/mol. The van der Waals surface area contributed by atoms with Crippen molar-refractivity contribution < 1.29 is 4.74 Å². The second kappa shape index (κ2) is 8.70. The van der Waals surface area contributed by atoms with E-state index in [0.29, 0.717) is 12.5 Å². The quantitative estimate of drug-likeness (QED) is 0.655. The van der Waals surface area contributed by atoms with Gasteiger partial charge >= 0.3 is 0 Å². The first kappa shape index (κ1) is 12.5. The number of rotatable bonds is 7. The van der Waals surface area contributed by atoms with Gasteiger partial charge in [0.1, 0.15) is 0 Å². The monoisotopic (exact) mass is 210 g/mol. The Morgan fingerprint density at radius 1 is 1.27 bits per heavy atom. The van der Waals surface area contributed by atoms with Crippen LogP contribution in [0.3, 0.4) is 0 Å². The number of ether oxygens (including phenoxy) is 1. The van der Waals surface area contributed by atoms with Gasteiger partial charge in [0.2, 0.25) is 0 Å². The Hall–Kier alpha value is -0.590. The van der Waals surface area contributed by atoms with Crippen LogP contribution in [0.25, 0.3) is 0 Å². The molecule has 0 aromatic carbocycles. The molecule has 1 N–H and O–H groups in total. The molecule has 1 heterocycles. The van der Waals surface area contributed by atoms with E-state index in [4.69, 9.17) is 10.00 Å². The van der Waals surface area contributed by atoms with Gasteiger partial charge in [0.15, 0.2) is 0 Å². The van der Waals surface area contributed by atoms with Crippen molar-refractivity contribution in [3.05, 3.63) is 0 Å². The number of nitriles is 1. The first-order valence-electron chi connectivity index (χ1n) is 6.13. The van der Waals surface area contributed by atoms with Crippen molar-refractivity contribution in [1.82, 2.24) is 5.32 Å². The zero-order chi connectivity index (χ0) is 10.8. The summed E-state index contributed by atoms with van der Waals surface area (Å²) >= 11 is 0. The molecule has 86 valence electrons. The smallest absolute Gasteiger partial charge is 0.0621 e. The summed E-state index contributed by atoms with van der Waals surface area (Å²) in [5.41, 5.74) is 0. The normalized spacial score (nSPS) is 21.1. The van der Waals surface area contributed by atoms with Gasteiger partial charge in [-0.05, 0) is 51.6 Å². The zero-order valence-electron chi connectivity index (χ0n) is 9.50. The maximum absolute atomic E-state index is 8.35. The molecule has 3 heteroatoms. The molecule has 3 nitrogen and oxygen atoms in total. The minimum atomic E-state index is 0.491. The van der Waals surface area contributed by atoms with Gasteiger partial charge < -0.3 is 10.1 Å². The van der Waals surface area contributed by atoms with Crippen LogP contribution in [0.4, 0.5) is 0 Å². The molecule has 1 fully saturated rings. The Bertz CT molecular complexity index is 183. The van der Waals surface area contributed by atoms with Gasteiger partial charge in [0.25, 0.3) is 0 Å². The van der Waals surface area contributed by atoms with Crippen LogP contribution in [-0.2, 0) is 4.74 Å². The van der Waals surface area contributed by atoms with E-state index in [-0.39, 0.29) is 0 Å². The van der Waals surface area contributed by atoms with Crippen LogP contribution < -0.4 is 5.32 Å². The molecule has 1 atom stereocenters. The molecule has 0 saturated carbocycles. The van der Waals surface area contributed by atoms with Crippen molar-refractivity contribution in [2.75, 3.05) is 19.7 Å². The Labute approximate surface area is 92.8 Å². The van der Waals surface area contributed by atoms with E-state index in [9.17, 15) is 0 Å². The highest BCUT2D eigenvalue weighted by molar-refractivity contribution is 4.68. The standard InChI is InChI=1S/C12H22N2O/c13-8-3-1-4-9-14-10-7-12-6-2-5-11-15-12/h12,14H,1-7,9-11H2. The molecule has 15 heavy (non-hydrogen) atoms. The van der Waals surface area contributed by atoms with E-state index in [1.807, 2.05) is 0 Å². The summed E-state index contributed by atoms with van der Waals surface area (Å²) in [5, 5.41) is 11.8. The fraction of sp³-hybridized carbons (Fsp3) is 0.917. The van der Waals surface area contributed by atoms with Crippen molar-refractivity contribution in [2.24, 2.45) is 0 Å². The van der Waals surface area contributed by atoms with Crippen molar-refractivity contribution in [2.45, 2.75) is 51.0 Å². The van der Waals surface area contributed by atoms with Gasteiger partial charge in [-0.15, -0.1) is 0 Å². The summed E-state index contributed by atoms with van der Waals surface area (Å²) in [5.74, 6) is 0. The highest BCUT2D eigenvalue weighted by atomic mass is 16.5. The second-order valence-corrected chi connectivity index (χ2v) is 4.14. The average Bonchev–Trinajstić information content (AvgIpc) is 2.29. The molecule has 0 bridgehead atoms. The molecule has 1 aliphatic rings. The minimum Gasteiger partial charge on any atom is -0.378 e. The first-order chi connectivity index (χ1) is 7.43. The number of nitrogens with one attached hydrogen (secondary N) is 1. The third-order valence-corrected chi connectivity index (χ3v) is 2.81. The molecule has 0 aromatic rings. The fourth-order valence-electron chi connectivity index (χ4n) is 1.88. The largest absolute Gasteiger partial charge is 0.378 e. The molecule has 1 saturated heterocycles. The van der Waals surface area contributed by atoms with E-state index in [1.54, 1.807) is 0 Å². The fourth-order valence-corrected chi connectivity index (χ4v) is 1.88. The maximum Gasteiger partial charge on any atom is 0.0621 e. The maximum atomic E-state index is 8.35. The lowest BCUT2D eigenvalue weighted by Crippen LogP contribution is -2.25. The molecule has 0 radical (unpaired) electrons. The van der Waals surface area contributed by atoms with E-state index in [1.165, 1.54) is 19.3 Å². The zero-order valence-corrected chi connectivity index (χ0v) is 9.50. The van der Waals surface area contributed by atoms with E-state index >= 15 is 0 Å². The lowest BCUT2D eigenvalue weighted by molar-refractivity contribution is 0.0116. The summed E-state index contributed by atoms with van der Waals surface area (Å²) in [6, 6.07) is 2.16. The second-order valence-electron chi connectivity index (χ2n) is 4.14. The molecule has 0 amide bonds. The third kappa shape index (κ3) is 6.48. The Balaban J connectivity index is 1.82. The number of unbranched alkanes of at least 4 members (excludes halogenated alkanes) is 2. The highest BCUT2D eigenvalue weighted by Crippen LogP contribution is 2.14. The summed E-state index contributed by atoms with van der Waals surface area (Å²) in [6.07, 6.45) is 8.24. The van der Waals surface area contributed by atoms with Crippen LogP contribution in [0.5, 0.6) is 0 Å². The molecular formula is C12H22N2O. The SMILES string of the molecule is N#CCCCCNCCC1CCCCO1. The van der Waals surface area contributed by atoms with Gasteiger partial charge in [-0.1, -0.05) is 0 Å². The summed E-state index contributed by atoms with van der Waals surface area (Å²) in [4.78, 5) is 0. The molecule has 1 aliphatic heterocycles. The van der Waals surface area contributed by atoms with Crippen LogP contribution in [0.15, 0.2) is 0 Å². The van der Waals surface area contributed by atoms with Crippen molar-refractivity contribution in [3.8, 4) is 6.07 Å². The summed E-state index contributed by atoms with van der Waals surface area (Å²) < 4.78 is 5.64. The van der Waals surface area contributed by atoms with Crippen LogP contribution in [0.2, 0.25) is 0 Å². The molecule has 0 aliphatic carbocycles. The molecule has 0 spiro atoms. The topological polar surface area (TPSA) is 45.0 Å². The molecule has 1 unspecified atom stereocenters. The number of hydrogen-bond acceptors (Lipinski definition) is 3. The Morgan fingerprint density at radius 2 is 2.20 bits per heavy atom. The van der Waals surface area contributed by atoms with E-state index in [0.717, 1.165) is 39.0 Å². The van der Waals surface area contributed by atoms with E-state index in [2.05, 4.69) is 11.4 Å². The van der Waals surface area contributed by atoms with Crippen molar-refractivity contribution >= 4 is 0 Å². The lowest BCUT2D eigenvalue weighted by atomic mass is 10.1. The molecule has 0 aromatic heterocycles. The van der Waals surface area contributed by atoms with Gasteiger partial charge in [-0.2, -0.15) is 5.26 Å². The molecular weight excluding hydrogens is 188 g/mol. The van der Waals surface area contributed by atoms with Crippen molar-refractivity contribution in [1.29, 1.82) is 5.26 Å². The third-order valence-electron chi connectivity index (χ3n) is 2.81. The van der Waals surface area contributed by atoms with Gasteiger partial charge in [-0.25, -0.2) is 0 Å². The predicted octanol–water partition coefficient (Wildman–Crippen LogP) is 2.23. The predicted molar refractivity (Wildman–Crippen MR) is 60.5 cm³/mol. The van der Waals surface area contributed by atoms with Crippen molar-refractivity contribution in [3.63, 3.8) is 0 Å². The lowest BCUT2D eigenvalue weighted by Gasteiger charge is -2.22. The van der Waals surface area contributed by atoms with Crippen LogP contribution in [0.1, 0.15) is 44.9 Å². The summed E-state index contributed by atoms with van der Waals surface area (Å²) in [7, 11) is 0. The van der Waals surface area contributed by atoms with Gasteiger partial charge in [-0.3, -0.25) is 0 Å². The Kier molecular flexibility index (Phi) is 7.24. The Morgan fingerprint density at radius 3 is 2.93 bits per heavy atom. The van der Waals surface area contributed by atoms with E-state index < -0.39 is 0 Å². The summed E-state index contributed by atoms with van der Waals surface area (Å²) in [6.45, 7) is 3.04. The number of hydrogen-bond donors (Lipinski definition) is 1. The first-order valence-corrected chi connectivity index (χ1v) is 6.13. The van der Waals surface area contributed by atoms with Crippen LogP contribution in [-0.4, -0.2) is 25.8 Å². The highest BCUT2D eigenvalue weighted by Gasteiger charge is 2.12. The van der Waals surface area contributed by atoms with Crippen LogP contribution >= 0.6 is 0 Å². The minimum absolute atomic E-state index is 0.491. The van der Waals surface area contributed by atoms with Gasteiger partial charge in [0.05, 0.1) is 12.2 Å².